The van der Waals surface area contributed by atoms with Crippen LogP contribution in [0.5, 0.6) is 11.5 Å². The van der Waals surface area contributed by atoms with Crippen molar-refractivity contribution >= 4 is 11.8 Å². The minimum Gasteiger partial charge on any atom is -0.488 e. The maximum Gasteiger partial charge on any atom is 0.258 e. The molecule has 0 aliphatic carbocycles. The van der Waals surface area contributed by atoms with Crippen LogP contribution in [0, 0.1) is 6.92 Å². The Balaban J connectivity index is 1.29. The number of hydrogen-bond acceptors (Lipinski definition) is 7. The Labute approximate surface area is 244 Å². The zero-order valence-electron chi connectivity index (χ0n) is 23.5. The molecule has 4 aromatic rings. The van der Waals surface area contributed by atoms with Gasteiger partial charge in [-0.3, -0.25) is 24.5 Å². The largest absolute Gasteiger partial charge is 0.488 e. The van der Waals surface area contributed by atoms with Crippen molar-refractivity contribution < 1.29 is 19.1 Å². The first kappa shape index (κ1) is 27.4. The average molecular weight is 564 g/mol. The van der Waals surface area contributed by atoms with Gasteiger partial charge in [-0.15, -0.1) is 0 Å². The molecule has 0 radical (unpaired) electrons. The number of rotatable bonds is 2. The van der Waals surface area contributed by atoms with Crippen molar-refractivity contribution in [1.29, 1.82) is 0 Å². The number of piperidine rings is 1. The standard InChI is InChI=1S/C33H33N5O4/c1-22-4-2-6-27(36-22)19-38-13-12-31-30(20-38)37-33(40)26-14-25(17-34-18-26)24-5-3-7-29(15-24)41-21-32(39)35-16-23-8-10-28(42-31)11-9-23/h2-11,14-15,17-18,30-31H,12-13,16,19-21H2,1H3,(H,35,39)(H,37,40)/t30-,31+/m1/s1. The van der Waals surface area contributed by atoms with Crippen molar-refractivity contribution in [3.8, 4) is 22.6 Å². The van der Waals surface area contributed by atoms with Crippen molar-refractivity contribution in [3.63, 3.8) is 0 Å². The molecule has 42 heavy (non-hydrogen) atoms. The quantitative estimate of drug-likeness (QED) is 0.381. The van der Waals surface area contributed by atoms with Gasteiger partial charge in [0.2, 0.25) is 0 Å². The third kappa shape index (κ3) is 6.75. The first-order valence-electron chi connectivity index (χ1n) is 14.1. The highest BCUT2D eigenvalue weighted by Crippen LogP contribution is 2.25. The number of fused-ring (bicyclic) bond motifs is 7. The second kappa shape index (κ2) is 12.4. The number of pyridine rings is 2. The van der Waals surface area contributed by atoms with Gasteiger partial charge in [-0.05, 0) is 66.9 Å². The Morgan fingerprint density at radius 3 is 2.62 bits per heavy atom. The fraction of sp³-hybridized carbons (Fsp3) is 0.273. The first-order valence-corrected chi connectivity index (χ1v) is 14.1. The number of amides is 2. The van der Waals surface area contributed by atoms with Crippen LogP contribution in [0.15, 0.2) is 85.2 Å². The topological polar surface area (TPSA) is 106 Å². The summed E-state index contributed by atoms with van der Waals surface area (Å²) in [5.74, 6) is 0.836. The normalized spacial score (nSPS) is 19.5. The average Bonchev–Trinajstić information content (AvgIpc) is 3.01. The summed E-state index contributed by atoms with van der Waals surface area (Å²) in [6.07, 6.45) is 3.79. The minimum absolute atomic E-state index is 0.106. The second-order valence-corrected chi connectivity index (χ2v) is 10.7. The predicted molar refractivity (Wildman–Crippen MR) is 158 cm³/mol. The van der Waals surface area contributed by atoms with Crippen molar-refractivity contribution in [2.24, 2.45) is 0 Å². The van der Waals surface area contributed by atoms with E-state index in [2.05, 4.69) is 25.5 Å². The van der Waals surface area contributed by atoms with Crippen molar-refractivity contribution in [2.45, 2.75) is 38.6 Å². The number of carbonyl (C=O) groups is 2. The van der Waals surface area contributed by atoms with Gasteiger partial charge in [0.05, 0.1) is 17.3 Å². The van der Waals surface area contributed by atoms with E-state index < -0.39 is 0 Å². The Morgan fingerprint density at radius 2 is 1.76 bits per heavy atom. The molecular formula is C33H33N5O4. The number of benzene rings is 2. The van der Waals surface area contributed by atoms with Crippen LogP contribution in [0.3, 0.4) is 0 Å². The summed E-state index contributed by atoms with van der Waals surface area (Å²) in [5, 5.41) is 6.14. The van der Waals surface area contributed by atoms with Crippen molar-refractivity contribution in [2.75, 3.05) is 19.7 Å². The third-order valence-corrected chi connectivity index (χ3v) is 7.52. The molecule has 0 spiro atoms. The summed E-state index contributed by atoms with van der Waals surface area (Å²) >= 11 is 0. The van der Waals surface area contributed by atoms with Crippen LogP contribution in [0.1, 0.15) is 33.7 Å². The molecule has 7 rings (SSSR count). The van der Waals surface area contributed by atoms with Gasteiger partial charge in [0.25, 0.3) is 11.8 Å². The zero-order valence-corrected chi connectivity index (χ0v) is 23.5. The number of ether oxygens (including phenoxy) is 2. The Morgan fingerprint density at radius 1 is 0.929 bits per heavy atom. The number of aryl methyl sites for hydroxylation is 1. The van der Waals surface area contributed by atoms with Crippen LogP contribution < -0.4 is 20.1 Å². The number of likely N-dealkylation sites (tertiary alicyclic amines) is 1. The molecule has 2 amide bonds. The van der Waals surface area contributed by atoms with E-state index in [1.807, 2.05) is 73.7 Å². The maximum absolute atomic E-state index is 13.6. The van der Waals surface area contributed by atoms with Crippen LogP contribution >= 0.6 is 0 Å². The third-order valence-electron chi connectivity index (χ3n) is 7.52. The molecule has 5 heterocycles. The smallest absolute Gasteiger partial charge is 0.258 e. The molecule has 2 aromatic carbocycles. The van der Waals surface area contributed by atoms with Gasteiger partial charge in [-0.2, -0.15) is 0 Å². The van der Waals surface area contributed by atoms with E-state index in [4.69, 9.17) is 9.47 Å². The summed E-state index contributed by atoms with van der Waals surface area (Å²) in [7, 11) is 0. The molecule has 3 aliphatic heterocycles. The number of nitrogens with zero attached hydrogens (tertiary/aromatic N) is 3. The lowest BCUT2D eigenvalue weighted by Crippen LogP contribution is -2.56. The van der Waals surface area contributed by atoms with Crippen molar-refractivity contribution in [3.05, 3.63) is 108 Å². The number of hydrogen-bond donors (Lipinski definition) is 2. The van der Waals surface area contributed by atoms with E-state index in [1.165, 1.54) is 0 Å². The predicted octanol–water partition coefficient (Wildman–Crippen LogP) is 3.91. The van der Waals surface area contributed by atoms with E-state index >= 15 is 0 Å². The van der Waals surface area contributed by atoms with Crippen LogP contribution in [0.4, 0.5) is 0 Å². The van der Waals surface area contributed by atoms with Crippen LogP contribution in [-0.2, 0) is 17.9 Å². The fourth-order valence-electron chi connectivity index (χ4n) is 5.34. The van der Waals surface area contributed by atoms with Crippen LogP contribution in [-0.4, -0.2) is 58.5 Å². The van der Waals surface area contributed by atoms with Gasteiger partial charge in [0.15, 0.2) is 6.61 Å². The van der Waals surface area contributed by atoms with Gasteiger partial charge in [0.1, 0.15) is 17.6 Å². The second-order valence-electron chi connectivity index (χ2n) is 10.7. The van der Waals surface area contributed by atoms with Gasteiger partial charge in [-0.25, -0.2) is 0 Å². The Hall–Kier alpha value is -4.76. The molecule has 214 valence electrons. The molecule has 9 heteroatoms. The van der Waals surface area contributed by atoms with Crippen LogP contribution in [0.2, 0.25) is 0 Å². The summed E-state index contributed by atoms with van der Waals surface area (Å²) in [6, 6.07) is 22.7. The highest BCUT2D eigenvalue weighted by atomic mass is 16.5. The van der Waals surface area contributed by atoms with E-state index in [9.17, 15) is 9.59 Å². The summed E-state index contributed by atoms with van der Waals surface area (Å²) < 4.78 is 12.2. The molecule has 3 aliphatic rings. The SMILES string of the molecule is Cc1cccc(CN2CC[C@@H]3Oc4ccc(cc4)CNC(=O)COc4cccc(c4)-c4cncc(c4)C(=O)N[C@@H]3C2)n1. The van der Waals surface area contributed by atoms with Gasteiger partial charge < -0.3 is 20.1 Å². The summed E-state index contributed by atoms with van der Waals surface area (Å²) in [4.78, 5) is 37.3. The lowest BCUT2D eigenvalue weighted by molar-refractivity contribution is -0.123. The highest BCUT2D eigenvalue weighted by Gasteiger charge is 2.32. The Bertz CT molecular complexity index is 1570. The summed E-state index contributed by atoms with van der Waals surface area (Å²) in [5.41, 5.74) is 4.99. The van der Waals surface area contributed by atoms with Gasteiger partial charge in [0, 0.05) is 49.8 Å². The van der Waals surface area contributed by atoms with Gasteiger partial charge >= 0.3 is 0 Å². The molecule has 1 fully saturated rings. The van der Waals surface area contributed by atoms with Crippen LogP contribution in [0.25, 0.3) is 11.1 Å². The molecule has 9 nitrogen and oxygen atoms in total. The summed E-state index contributed by atoms with van der Waals surface area (Å²) in [6.45, 7) is 4.38. The molecule has 0 unspecified atom stereocenters. The number of aromatic nitrogens is 2. The molecule has 2 aromatic heterocycles. The molecule has 1 saturated heterocycles. The lowest BCUT2D eigenvalue weighted by Gasteiger charge is -2.38. The fourth-order valence-corrected chi connectivity index (χ4v) is 5.34. The molecule has 0 saturated carbocycles. The minimum atomic E-state index is -0.263. The number of carbonyl (C=O) groups excluding carboxylic acids is 2. The highest BCUT2D eigenvalue weighted by molar-refractivity contribution is 5.95. The van der Waals surface area contributed by atoms with E-state index in [1.54, 1.807) is 18.5 Å². The molecule has 6 bridgehead atoms. The van der Waals surface area contributed by atoms with Gasteiger partial charge in [-0.1, -0.05) is 30.3 Å². The monoisotopic (exact) mass is 563 g/mol. The van der Waals surface area contributed by atoms with E-state index in [0.29, 0.717) is 36.7 Å². The van der Waals surface area contributed by atoms with E-state index in [0.717, 1.165) is 41.0 Å². The molecule has 2 atom stereocenters. The Kier molecular flexibility index (Phi) is 8.09. The molecule has 2 N–H and O–H groups in total. The van der Waals surface area contributed by atoms with E-state index in [-0.39, 0.29) is 30.6 Å². The zero-order chi connectivity index (χ0) is 28.9. The van der Waals surface area contributed by atoms with Crippen molar-refractivity contribution in [1.82, 2.24) is 25.5 Å². The lowest BCUT2D eigenvalue weighted by atomic mass is 10.00. The number of nitrogens with one attached hydrogen (secondary N) is 2. The first-order chi connectivity index (χ1) is 20.5. The maximum atomic E-state index is 13.6. The molecular weight excluding hydrogens is 530 g/mol.